The van der Waals surface area contributed by atoms with E-state index in [0.717, 1.165) is 17.8 Å². The molecule has 0 heterocycles. The molecule has 0 nitrogen and oxygen atoms in total. The van der Waals surface area contributed by atoms with E-state index in [-0.39, 0.29) is 0 Å². The van der Waals surface area contributed by atoms with E-state index in [9.17, 15) is 0 Å². The van der Waals surface area contributed by atoms with Crippen LogP contribution < -0.4 is 0 Å². The monoisotopic (exact) mass is 218 g/mol. The van der Waals surface area contributed by atoms with Crippen molar-refractivity contribution in [3.05, 3.63) is 0 Å². The number of hydrogen-bond donors (Lipinski definition) is 0. The average Bonchev–Trinajstić information content (AvgIpc) is 2.39. The average molecular weight is 218 g/mol. The Bertz CT molecular complexity index is 231. The fourth-order valence-electron chi connectivity index (χ4n) is 3.83. The molecule has 0 aromatic heterocycles. The van der Waals surface area contributed by atoms with Crippen molar-refractivity contribution in [2.75, 3.05) is 0 Å². The molecule has 2 fully saturated rings. The van der Waals surface area contributed by atoms with E-state index in [4.69, 9.17) is 6.42 Å². The highest BCUT2D eigenvalue weighted by molar-refractivity contribution is 4.96. The molecule has 0 radical (unpaired) electrons. The molecule has 2 aliphatic carbocycles. The van der Waals surface area contributed by atoms with Gasteiger partial charge >= 0.3 is 0 Å². The van der Waals surface area contributed by atoms with Gasteiger partial charge in [-0.15, -0.1) is 12.3 Å². The van der Waals surface area contributed by atoms with Gasteiger partial charge in [-0.3, -0.25) is 0 Å². The lowest BCUT2D eigenvalue weighted by Crippen LogP contribution is -2.25. The van der Waals surface area contributed by atoms with Crippen LogP contribution >= 0.6 is 0 Å². The van der Waals surface area contributed by atoms with Crippen LogP contribution in [0.2, 0.25) is 0 Å². The second-order valence-electron chi connectivity index (χ2n) is 5.97. The van der Waals surface area contributed by atoms with Crippen LogP contribution in [-0.4, -0.2) is 0 Å². The molecule has 2 aliphatic rings. The van der Waals surface area contributed by atoms with E-state index in [1.807, 2.05) is 0 Å². The summed E-state index contributed by atoms with van der Waals surface area (Å²) >= 11 is 0. The van der Waals surface area contributed by atoms with E-state index < -0.39 is 0 Å². The third-order valence-corrected chi connectivity index (χ3v) is 5.14. The van der Waals surface area contributed by atoms with Crippen molar-refractivity contribution in [3.63, 3.8) is 0 Å². The molecule has 0 bridgehead atoms. The lowest BCUT2D eigenvalue weighted by Gasteiger charge is -2.36. The van der Waals surface area contributed by atoms with E-state index >= 15 is 0 Å². The zero-order valence-electron chi connectivity index (χ0n) is 10.8. The van der Waals surface area contributed by atoms with Gasteiger partial charge in [-0.1, -0.05) is 26.2 Å². The largest absolute Gasteiger partial charge is 0.120 e. The summed E-state index contributed by atoms with van der Waals surface area (Å²) in [4.78, 5) is 0. The summed E-state index contributed by atoms with van der Waals surface area (Å²) in [6.45, 7) is 2.35. The highest BCUT2D eigenvalue weighted by Gasteiger charge is 2.29. The normalized spacial score (nSPS) is 40.2. The minimum absolute atomic E-state index is 0.600. The summed E-state index contributed by atoms with van der Waals surface area (Å²) in [5.74, 6) is 6.64. The number of rotatable bonds is 2. The SMILES string of the molecule is C#CC1CCC([C@H]2CC[C@H](CC)CC2)CC1. The first-order valence-electron chi connectivity index (χ1n) is 7.29. The molecule has 2 rings (SSSR count). The fraction of sp³-hybridized carbons (Fsp3) is 0.875. The molecule has 0 spiro atoms. The molecule has 0 atom stereocenters. The predicted molar refractivity (Wildman–Crippen MR) is 70.0 cm³/mol. The van der Waals surface area contributed by atoms with Gasteiger partial charge in [-0.2, -0.15) is 0 Å². The summed E-state index contributed by atoms with van der Waals surface area (Å²) in [6, 6.07) is 0. The number of hydrogen-bond acceptors (Lipinski definition) is 0. The van der Waals surface area contributed by atoms with Crippen LogP contribution in [0.5, 0.6) is 0 Å². The first kappa shape index (κ1) is 12.0. The molecule has 0 aromatic carbocycles. The van der Waals surface area contributed by atoms with Crippen LogP contribution in [0, 0.1) is 36.0 Å². The smallest absolute Gasteiger partial charge is 0.0200 e. The maximum Gasteiger partial charge on any atom is 0.0200 e. The zero-order chi connectivity index (χ0) is 11.4. The van der Waals surface area contributed by atoms with Gasteiger partial charge in [0.15, 0.2) is 0 Å². The summed E-state index contributed by atoms with van der Waals surface area (Å²) in [5.41, 5.74) is 0. The molecule has 0 N–H and O–H groups in total. The van der Waals surface area contributed by atoms with Crippen molar-refractivity contribution in [1.82, 2.24) is 0 Å². The molecule has 0 unspecified atom stereocenters. The van der Waals surface area contributed by atoms with Crippen molar-refractivity contribution in [2.45, 2.75) is 64.7 Å². The minimum atomic E-state index is 0.600. The van der Waals surface area contributed by atoms with Crippen molar-refractivity contribution in [1.29, 1.82) is 0 Å². The third-order valence-electron chi connectivity index (χ3n) is 5.14. The van der Waals surface area contributed by atoms with Gasteiger partial charge in [0.2, 0.25) is 0 Å². The maximum atomic E-state index is 5.51. The molecule has 2 saturated carbocycles. The van der Waals surface area contributed by atoms with Crippen molar-refractivity contribution < 1.29 is 0 Å². The highest BCUT2D eigenvalue weighted by Crippen LogP contribution is 2.41. The molecule has 0 aromatic rings. The van der Waals surface area contributed by atoms with E-state index in [1.54, 1.807) is 0 Å². The Balaban J connectivity index is 1.76. The first-order chi connectivity index (χ1) is 7.83. The summed E-state index contributed by atoms with van der Waals surface area (Å²) < 4.78 is 0. The Hall–Kier alpha value is -0.440. The second kappa shape index (κ2) is 5.76. The predicted octanol–water partition coefficient (Wildman–Crippen LogP) is 4.64. The van der Waals surface area contributed by atoms with Gasteiger partial charge < -0.3 is 0 Å². The molecular weight excluding hydrogens is 192 g/mol. The highest BCUT2D eigenvalue weighted by atomic mass is 14.3. The van der Waals surface area contributed by atoms with Crippen LogP contribution in [0.15, 0.2) is 0 Å². The molecule has 90 valence electrons. The second-order valence-corrected chi connectivity index (χ2v) is 5.97. The topological polar surface area (TPSA) is 0 Å². The van der Waals surface area contributed by atoms with Gasteiger partial charge in [0.25, 0.3) is 0 Å². The zero-order valence-corrected chi connectivity index (χ0v) is 10.8. The molecule has 0 amide bonds. The molecule has 0 heteroatoms. The quantitative estimate of drug-likeness (QED) is 0.592. The van der Waals surface area contributed by atoms with Crippen LogP contribution in [0.3, 0.4) is 0 Å². The lowest BCUT2D eigenvalue weighted by atomic mass is 9.69. The van der Waals surface area contributed by atoms with Crippen LogP contribution in [-0.2, 0) is 0 Å². The van der Waals surface area contributed by atoms with Crippen LogP contribution in [0.25, 0.3) is 0 Å². The standard InChI is InChI=1S/C16H26/c1-3-13-5-9-15(10-6-13)16-11-7-14(4-2)8-12-16/h1,13-16H,4-12H2,2H3/t13?,14-,15?,16-. The maximum absolute atomic E-state index is 5.51. The van der Waals surface area contributed by atoms with E-state index in [1.165, 1.54) is 57.8 Å². The van der Waals surface area contributed by atoms with Crippen molar-refractivity contribution in [3.8, 4) is 12.3 Å². The van der Waals surface area contributed by atoms with Gasteiger partial charge in [0.1, 0.15) is 0 Å². The van der Waals surface area contributed by atoms with Gasteiger partial charge in [-0.05, 0) is 56.3 Å². The van der Waals surface area contributed by atoms with Gasteiger partial charge in [0, 0.05) is 5.92 Å². The van der Waals surface area contributed by atoms with E-state index in [2.05, 4.69) is 12.8 Å². The lowest BCUT2D eigenvalue weighted by molar-refractivity contribution is 0.156. The molecular formula is C16H26. The minimum Gasteiger partial charge on any atom is -0.120 e. The Morgan fingerprint density at radius 3 is 1.81 bits per heavy atom. The van der Waals surface area contributed by atoms with Crippen molar-refractivity contribution in [2.24, 2.45) is 23.7 Å². The van der Waals surface area contributed by atoms with Gasteiger partial charge in [-0.25, -0.2) is 0 Å². The molecule has 0 saturated heterocycles. The first-order valence-corrected chi connectivity index (χ1v) is 7.29. The van der Waals surface area contributed by atoms with Crippen LogP contribution in [0.4, 0.5) is 0 Å². The van der Waals surface area contributed by atoms with Crippen LogP contribution in [0.1, 0.15) is 64.7 Å². The summed E-state index contributed by atoms with van der Waals surface area (Å²) in [7, 11) is 0. The fourth-order valence-corrected chi connectivity index (χ4v) is 3.83. The molecule has 0 aliphatic heterocycles. The Morgan fingerprint density at radius 1 is 0.875 bits per heavy atom. The third kappa shape index (κ3) is 2.82. The van der Waals surface area contributed by atoms with Crippen molar-refractivity contribution >= 4 is 0 Å². The molecule has 16 heavy (non-hydrogen) atoms. The van der Waals surface area contributed by atoms with E-state index in [0.29, 0.717) is 5.92 Å². The number of terminal acetylenes is 1. The Kier molecular flexibility index (Phi) is 4.33. The summed E-state index contributed by atoms with van der Waals surface area (Å²) in [5, 5.41) is 0. The van der Waals surface area contributed by atoms with Gasteiger partial charge in [0.05, 0.1) is 0 Å². The summed E-state index contributed by atoms with van der Waals surface area (Å²) in [6.07, 6.45) is 18.3. The Labute approximate surface area is 101 Å². The Morgan fingerprint density at radius 2 is 1.38 bits per heavy atom.